The van der Waals surface area contributed by atoms with Crippen LogP contribution in [0.4, 0.5) is 0 Å². The Labute approximate surface area is 103 Å². The number of nitrogens with zero attached hydrogens (tertiary/aromatic N) is 1. The highest BCUT2D eigenvalue weighted by Crippen LogP contribution is 2.37. The standard InChI is InChI=1S/C10H7NO5S2/c12-11-17(13,14)8-5-1-3-7-4-2-6-9(10(7)8)18(11,15)16/h1-6,12H. The zero-order chi connectivity index (χ0) is 13.1. The van der Waals surface area contributed by atoms with E-state index < -0.39 is 23.9 Å². The summed E-state index contributed by atoms with van der Waals surface area (Å²) in [5, 5.41) is 10.0. The molecule has 0 radical (unpaired) electrons. The second-order valence-corrected chi connectivity index (χ2v) is 7.50. The Kier molecular flexibility index (Phi) is 2.12. The Morgan fingerprint density at radius 3 is 1.72 bits per heavy atom. The van der Waals surface area contributed by atoms with Gasteiger partial charge in [-0.25, -0.2) is 16.8 Å². The van der Waals surface area contributed by atoms with Crippen LogP contribution in [0.3, 0.4) is 0 Å². The van der Waals surface area contributed by atoms with Gasteiger partial charge in [-0.05, 0) is 17.5 Å². The van der Waals surface area contributed by atoms with Gasteiger partial charge in [0.1, 0.15) is 0 Å². The van der Waals surface area contributed by atoms with Gasteiger partial charge in [0.2, 0.25) is 0 Å². The van der Waals surface area contributed by atoms with Crippen LogP contribution in [0.1, 0.15) is 0 Å². The molecule has 1 aliphatic rings. The SMILES string of the molecule is O=S1(=O)c2cccc3cccc(c23)S(=O)(=O)N1O. The van der Waals surface area contributed by atoms with E-state index in [9.17, 15) is 22.0 Å². The topological polar surface area (TPSA) is 91.8 Å². The van der Waals surface area contributed by atoms with Gasteiger partial charge in [-0.1, -0.05) is 24.3 Å². The molecule has 18 heavy (non-hydrogen) atoms. The largest absolute Gasteiger partial charge is 0.285 e. The van der Waals surface area contributed by atoms with Crippen LogP contribution in [-0.2, 0) is 20.0 Å². The third-order valence-corrected chi connectivity index (χ3v) is 6.59. The summed E-state index contributed by atoms with van der Waals surface area (Å²) >= 11 is 0. The van der Waals surface area contributed by atoms with E-state index in [1.54, 1.807) is 12.1 Å². The highest BCUT2D eigenvalue weighted by Gasteiger charge is 2.42. The van der Waals surface area contributed by atoms with Gasteiger partial charge in [-0.3, -0.25) is 5.21 Å². The summed E-state index contributed by atoms with van der Waals surface area (Å²) in [6, 6.07) is 8.73. The van der Waals surface area contributed by atoms with Gasteiger partial charge in [0.05, 0.1) is 9.79 Å². The van der Waals surface area contributed by atoms with Crippen LogP contribution >= 0.6 is 0 Å². The van der Waals surface area contributed by atoms with Crippen LogP contribution in [0.2, 0.25) is 0 Å². The molecule has 0 amide bonds. The fraction of sp³-hybridized carbons (Fsp3) is 0. The van der Waals surface area contributed by atoms with E-state index in [1.165, 1.54) is 24.3 Å². The molecular weight excluding hydrogens is 278 g/mol. The zero-order valence-corrected chi connectivity index (χ0v) is 10.4. The maximum absolute atomic E-state index is 11.9. The van der Waals surface area contributed by atoms with Crippen molar-refractivity contribution in [2.24, 2.45) is 0 Å². The first kappa shape index (κ1) is 11.6. The van der Waals surface area contributed by atoms with E-state index in [4.69, 9.17) is 0 Å². The van der Waals surface area contributed by atoms with Crippen LogP contribution < -0.4 is 0 Å². The summed E-state index contributed by atoms with van der Waals surface area (Å²) < 4.78 is 47.0. The van der Waals surface area contributed by atoms with Gasteiger partial charge in [-0.15, -0.1) is 0 Å². The van der Waals surface area contributed by atoms with Crippen molar-refractivity contribution in [3.63, 3.8) is 0 Å². The van der Waals surface area contributed by atoms with E-state index >= 15 is 0 Å². The molecule has 0 fully saturated rings. The molecule has 1 N–H and O–H groups in total. The summed E-state index contributed by atoms with van der Waals surface area (Å²) in [6.07, 6.45) is 0. The lowest BCUT2D eigenvalue weighted by atomic mass is 10.1. The Morgan fingerprint density at radius 2 is 1.28 bits per heavy atom. The van der Waals surface area contributed by atoms with Crippen LogP contribution in [0.5, 0.6) is 0 Å². The van der Waals surface area contributed by atoms with Crippen molar-refractivity contribution < 1.29 is 22.0 Å². The molecule has 1 aliphatic heterocycles. The third-order valence-electron chi connectivity index (χ3n) is 2.80. The van der Waals surface area contributed by atoms with E-state index in [0.29, 0.717) is 5.39 Å². The fourth-order valence-electron chi connectivity index (χ4n) is 2.00. The van der Waals surface area contributed by atoms with E-state index in [0.717, 1.165) is 0 Å². The highest BCUT2D eigenvalue weighted by atomic mass is 32.3. The Morgan fingerprint density at radius 1 is 0.833 bits per heavy atom. The third kappa shape index (κ3) is 1.23. The van der Waals surface area contributed by atoms with Gasteiger partial charge < -0.3 is 0 Å². The minimum Gasteiger partial charge on any atom is -0.285 e. The smallest absolute Gasteiger partial charge is 0.279 e. The molecule has 1 heterocycles. The molecule has 2 aromatic rings. The number of benzene rings is 2. The maximum atomic E-state index is 11.9. The molecule has 0 spiro atoms. The Hall–Kier alpha value is -1.48. The Bertz CT molecular complexity index is 802. The number of hydrogen-bond acceptors (Lipinski definition) is 5. The average Bonchev–Trinajstić information content (AvgIpc) is 2.34. The van der Waals surface area contributed by atoms with Crippen LogP contribution in [0.15, 0.2) is 46.2 Å². The van der Waals surface area contributed by atoms with Gasteiger partial charge >= 0.3 is 0 Å². The minimum absolute atomic E-state index is 0.116. The summed E-state index contributed by atoms with van der Waals surface area (Å²) in [6.45, 7) is 0. The van der Waals surface area contributed by atoms with Crippen molar-refractivity contribution in [1.29, 1.82) is 0 Å². The predicted molar refractivity (Wildman–Crippen MR) is 61.9 cm³/mol. The predicted octanol–water partition coefficient (Wildman–Crippen LogP) is 0.922. The van der Waals surface area contributed by atoms with Crippen molar-refractivity contribution in [3.8, 4) is 0 Å². The summed E-state index contributed by atoms with van der Waals surface area (Å²) in [5.74, 6) is 0. The highest BCUT2D eigenvalue weighted by molar-refractivity contribution is 8.04. The molecule has 2 aromatic carbocycles. The van der Waals surface area contributed by atoms with Crippen molar-refractivity contribution in [3.05, 3.63) is 36.4 Å². The number of hydrogen-bond donors (Lipinski definition) is 1. The summed E-state index contributed by atoms with van der Waals surface area (Å²) in [4.78, 5) is -0.430. The molecule has 3 rings (SSSR count). The molecular formula is C10H7NO5S2. The lowest BCUT2D eigenvalue weighted by Gasteiger charge is -2.23. The second kappa shape index (κ2) is 3.29. The molecule has 6 nitrogen and oxygen atoms in total. The number of sulfonamides is 2. The first-order valence-corrected chi connectivity index (χ1v) is 7.76. The average molecular weight is 285 g/mol. The molecule has 0 saturated carbocycles. The normalized spacial score (nSPS) is 20.9. The Balaban J connectivity index is 2.70. The zero-order valence-electron chi connectivity index (χ0n) is 8.81. The second-order valence-electron chi connectivity index (χ2n) is 3.80. The fourth-order valence-corrected chi connectivity index (χ4v) is 5.39. The molecule has 94 valence electrons. The van der Waals surface area contributed by atoms with Gasteiger partial charge in [0, 0.05) is 9.26 Å². The molecule has 0 aliphatic carbocycles. The lowest BCUT2D eigenvalue weighted by Crippen LogP contribution is -2.37. The van der Waals surface area contributed by atoms with Crippen molar-refractivity contribution in [2.45, 2.75) is 9.79 Å². The molecule has 0 bridgehead atoms. The number of rotatable bonds is 0. The molecule has 8 heteroatoms. The maximum Gasteiger partial charge on any atom is 0.279 e. The van der Waals surface area contributed by atoms with Gasteiger partial charge in [-0.2, -0.15) is 0 Å². The van der Waals surface area contributed by atoms with Crippen molar-refractivity contribution >= 4 is 30.8 Å². The molecule has 0 aromatic heterocycles. The first-order valence-electron chi connectivity index (χ1n) is 4.88. The van der Waals surface area contributed by atoms with E-state index in [2.05, 4.69) is 0 Å². The molecule has 0 saturated heterocycles. The molecule has 0 atom stereocenters. The summed E-state index contributed by atoms with van der Waals surface area (Å²) in [5.41, 5.74) is 0. The quantitative estimate of drug-likeness (QED) is 0.777. The monoisotopic (exact) mass is 285 g/mol. The first-order chi connectivity index (χ1) is 8.37. The van der Waals surface area contributed by atoms with E-state index in [1.807, 2.05) is 0 Å². The van der Waals surface area contributed by atoms with Gasteiger partial charge in [0.25, 0.3) is 20.0 Å². The molecule has 0 unspecified atom stereocenters. The van der Waals surface area contributed by atoms with Gasteiger partial charge in [0.15, 0.2) is 0 Å². The van der Waals surface area contributed by atoms with Crippen LogP contribution in [0, 0.1) is 0 Å². The minimum atomic E-state index is -4.43. The van der Waals surface area contributed by atoms with E-state index in [-0.39, 0.29) is 15.2 Å². The van der Waals surface area contributed by atoms with Crippen molar-refractivity contribution in [1.82, 2.24) is 3.87 Å². The van der Waals surface area contributed by atoms with Crippen molar-refractivity contribution in [2.75, 3.05) is 0 Å². The van der Waals surface area contributed by atoms with Crippen LogP contribution in [0.25, 0.3) is 10.8 Å². The lowest BCUT2D eigenvalue weighted by molar-refractivity contribution is 0.0938. The van der Waals surface area contributed by atoms with Crippen LogP contribution in [-0.4, -0.2) is 25.9 Å². The summed E-state index contributed by atoms with van der Waals surface area (Å²) in [7, 11) is -8.87.